The van der Waals surface area contributed by atoms with E-state index < -0.39 is 0 Å². The van der Waals surface area contributed by atoms with Gasteiger partial charge in [-0.05, 0) is 51.7 Å². The van der Waals surface area contributed by atoms with Gasteiger partial charge in [0.2, 0.25) is 0 Å². The van der Waals surface area contributed by atoms with Crippen LogP contribution in [-0.2, 0) is 13.0 Å². The van der Waals surface area contributed by atoms with Crippen LogP contribution in [0.5, 0.6) is 0 Å². The van der Waals surface area contributed by atoms with Gasteiger partial charge in [0.05, 0.1) is 5.56 Å². The minimum absolute atomic E-state index is 0.00254. The van der Waals surface area contributed by atoms with Crippen LogP contribution in [0, 0.1) is 0 Å². The highest BCUT2D eigenvalue weighted by molar-refractivity contribution is 9.11. The Morgan fingerprint density at radius 2 is 1.67 bits per heavy atom. The van der Waals surface area contributed by atoms with Crippen LogP contribution < -0.4 is 0 Å². The molecule has 0 aliphatic carbocycles. The van der Waals surface area contributed by atoms with Crippen LogP contribution in [0.25, 0.3) is 0 Å². The standard InChI is InChI=1S/C17H17Br2NO/c1-3-12-4-6-13(7-5-12)11-20(2)17(21)15-10-14(18)8-9-16(15)19/h4-10H,3,11H2,1-2H3. The lowest BCUT2D eigenvalue weighted by molar-refractivity contribution is 0.0784. The molecule has 2 aromatic carbocycles. The predicted molar refractivity (Wildman–Crippen MR) is 93.5 cm³/mol. The molecule has 110 valence electrons. The smallest absolute Gasteiger partial charge is 0.255 e. The monoisotopic (exact) mass is 409 g/mol. The van der Waals surface area contributed by atoms with Gasteiger partial charge in [-0.2, -0.15) is 0 Å². The largest absolute Gasteiger partial charge is 0.337 e. The molecule has 0 N–H and O–H groups in total. The van der Waals surface area contributed by atoms with E-state index in [1.165, 1.54) is 5.56 Å². The molecule has 0 aliphatic heterocycles. The van der Waals surface area contributed by atoms with Gasteiger partial charge in [-0.25, -0.2) is 0 Å². The summed E-state index contributed by atoms with van der Waals surface area (Å²) in [6.45, 7) is 2.73. The summed E-state index contributed by atoms with van der Waals surface area (Å²) in [7, 11) is 1.82. The molecule has 2 nitrogen and oxygen atoms in total. The van der Waals surface area contributed by atoms with Crippen molar-refractivity contribution in [3.05, 3.63) is 68.1 Å². The number of hydrogen-bond donors (Lipinski definition) is 0. The molecule has 0 aromatic heterocycles. The Kier molecular flexibility index (Phi) is 5.59. The second-order valence-corrected chi connectivity index (χ2v) is 6.73. The third kappa shape index (κ3) is 4.17. The van der Waals surface area contributed by atoms with Crippen LogP contribution in [0.1, 0.15) is 28.4 Å². The molecule has 0 fully saturated rings. The molecule has 0 spiro atoms. The first-order chi connectivity index (χ1) is 10.0. The first kappa shape index (κ1) is 16.2. The Hall–Kier alpha value is -1.13. The topological polar surface area (TPSA) is 20.3 Å². The summed E-state index contributed by atoms with van der Waals surface area (Å²) in [5.41, 5.74) is 3.11. The number of carbonyl (C=O) groups excluding carboxylic acids is 1. The summed E-state index contributed by atoms with van der Waals surface area (Å²) < 4.78 is 1.71. The maximum absolute atomic E-state index is 12.5. The zero-order valence-electron chi connectivity index (χ0n) is 12.1. The van der Waals surface area contributed by atoms with Crippen molar-refractivity contribution in [1.29, 1.82) is 0 Å². The summed E-state index contributed by atoms with van der Waals surface area (Å²) in [5.74, 6) is 0.00254. The summed E-state index contributed by atoms with van der Waals surface area (Å²) >= 11 is 6.84. The molecule has 2 rings (SSSR count). The van der Waals surface area contributed by atoms with Crippen molar-refractivity contribution in [2.24, 2.45) is 0 Å². The number of aryl methyl sites for hydroxylation is 1. The maximum atomic E-state index is 12.5. The fraction of sp³-hybridized carbons (Fsp3) is 0.235. The molecular weight excluding hydrogens is 394 g/mol. The van der Waals surface area contributed by atoms with E-state index in [2.05, 4.69) is 63.0 Å². The summed E-state index contributed by atoms with van der Waals surface area (Å²) in [6.07, 6.45) is 1.03. The molecule has 0 unspecified atom stereocenters. The molecule has 0 bridgehead atoms. The SMILES string of the molecule is CCc1ccc(CN(C)C(=O)c2cc(Br)ccc2Br)cc1. The van der Waals surface area contributed by atoms with Crippen LogP contribution >= 0.6 is 31.9 Å². The van der Waals surface area contributed by atoms with E-state index in [1.54, 1.807) is 4.90 Å². The zero-order valence-corrected chi connectivity index (χ0v) is 15.2. The number of carbonyl (C=O) groups is 1. The van der Waals surface area contributed by atoms with Crippen molar-refractivity contribution in [3.63, 3.8) is 0 Å². The minimum atomic E-state index is 0.00254. The summed E-state index contributed by atoms with van der Waals surface area (Å²) in [4.78, 5) is 14.2. The van der Waals surface area contributed by atoms with Gasteiger partial charge in [-0.1, -0.05) is 47.1 Å². The number of rotatable bonds is 4. The first-order valence-electron chi connectivity index (χ1n) is 6.79. The average Bonchev–Trinajstić information content (AvgIpc) is 2.49. The molecule has 0 saturated carbocycles. The highest BCUT2D eigenvalue weighted by Gasteiger charge is 2.15. The molecule has 1 amide bonds. The second-order valence-electron chi connectivity index (χ2n) is 4.96. The average molecular weight is 411 g/mol. The number of hydrogen-bond acceptors (Lipinski definition) is 1. The highest BCUT2D eigenvalue weighted by Crippen LogP contribution is 2.23. The van der Waals surface area contributed by atoms with Crippen LogP contribution in [-0.4, -0.2) is 17.9 Å². The van der Waals surface area contributed by atoms with E-state index in [0.717, 1.165) is 20.9 Å². The molecule has 2 aromatic rings. The highest BCUT2D eigenvalue weighted by atomic mass is 79.9. The number of amides is 1. The van der Waals surface area contributed by atoms with Gasteiger partial charge in [0.15, 0.2) is 0 Å². The van der Waals surface area contributed by atoms with Crippen molar-refractivity contribution >= 4 is 37.8 Å². The van der Waals surface area contributed by atoms with Gasteiger partial charge >= 0.3 is 0 Å². The fourth-order valence-corrected chi connectivity index (χ4v) is 2.87. The molecule has 0 aliphatic rings. The van der Waals surface area contributed by atoms with Crippen molar-refractivity contribution in [3.8, 4) is 0 Å². The number of halogens is 2. The Morgan fingerprint density at radius 1 is 1.05 bits per heavy atom. The van der Waals surface area contributed by atoms with E-state index >= 15 is 0 Å². The third-order valence-electron chi connectivity index (χ3n) is 3.36. The summed E-state index contributed by atoms with van der Waals surface area (Å²) in [6, 6.07) is 14.0. The summed E-state index contributed by atoms with van der Waals surface area (Å²) in [5, 5.41) is 0. The Morgan fingerprint density at radius 3 is 2.29 bits per heavy atom. The Bertz CT molecular complexity index is 638. The van der Waals surface area contributed by atoms with Crippen molar-refractivity contribution in [2.45, 2.75) is 19.9 Å². The normalized spacial score (nSPS) is 10.5. The van der Waals surface area contributed by atoms with E-state index in [0.29, 0.717) is 12.1 Å². The van der Waals surface area contributed by atoms with Crippen molar-refractivity contribution in [2.75, 3.05) is 7.05 Å². The van der Waals surface area contributed by atoms with Gasteiger partial charge in [0.25, 0.3) is 5.91 Å². The van der Waals surface area contributed by atoms with Crippen LogP contribution in [0.4, 0.5) is 0 Å². The van der Waals surface area contributed by atoms with Crippen LogP contribution in [0.2, 0.25) is 0 Å². The van der Waals surface area contributed by atoms with Crippen molar-refractivity contribution < 1.29 is 4.79 Å². The molecule has 0 heterocycles. The Balaban J connectivity index is 2.13. The van der Waals surface area contributed by atoms with E-state index in [1.807, 2.05) is 25.2 Å². The maximum Gasteiger partial charge on any atom is 0.255 e. The van der Waals surface area contributed by atoms with Crippen LogP contribution in [0.15, 0.2) is 51.4 Å². The van der Waals surface area contributed by atoms with Crippen LogP contribution in [0.3, 0.4) is 0 Å². The zero-order chi connectivity index (χ0) is 15.4. The van der Waals surface area contributed by atoms with E-state index in [9.17, 15) is 4.79 Å². The number of benzene rings is 2. The van der Waals surface area contributed by atoms with E-state index in [-0.39, 0.29) is 5.91 Å². The van der Waals surface area contributed by atoms with E-state index in [4.69, 9.17) is 0 Å². The lowest BCUT2D eigenvalue weighted by Gasteiger charge is -2.18. The Labute approximate surface area is 142 Å². The predicted octanol–water partition coefficient (Wildman–Crippen LogP) is 5.05. The molecule has 0 saturated heterocycles. The van der Waals surface area contributed by atoms with Gasteiger partial charge in [0.1, 0.15) is 0 Å². The molecule has 0 atom stereocenters. The molecule has 21 heavy (non-hydrogen) atoms. The quantitative estimate of drug-likeness (QED) is 0.690. The molecular formula is C17H17Br2NO. The lowest BCUT2D eigenvalue weighted by Crippen LogP contribution is -2.26. The molecule has 4 heteroatoms. The van der Waals surface area contributed by atoms with Gasteiger partial charge in [-0.15, -0.1) is 0 Å². The van der Waals surface area contributed by atoms with Gasteiger partial charge < -0.3 is 4.90 Å². The van der Waals surface area contributed by atoms with Crippen molar-refractivity contribution in [1.82, 2.24) is 4.90 Å². The lowest BCUT2D eigenvalue weighted by atomic mass is 10.1. The van der Waals surface area contributed by atoms with Gasteiger partial charge in [-0.3, -0.25) is 4.79 Å². The fourth-order valence-electron chi connectivity index (χ4n) is 2.09. The third-order valence-corrected chi connectivity index (χ3v) is 4.54. The minimum Gasteiger partial charge on any atom is -0.337 e. The number of nitrogens with zero attached hydrogens (tertiary/aromatic N) is 1. The first-order valence-corrected chi connectivity index (χ1v) is 8.38. The van der Waals surface area contributed by atoms with Gasteiger partial charge in [0, 0.05) is 22.5 Å². The second kappa shape index (κ2) is 7.23. The molecule has 0 radical (unpaired) electrons.